The topological polar surface area (TPSA) is 77.8 Å². The van der Waals surface area contributed by atoms with E-state index in [-0.39, 0.29) is 11.9 Å². The molecular formula is C25H29NO4. The van der Waals surface area contributed by atoms with E-state index in [0.717, 1.165) is 23.1 Å². The Labute approximate surface area is 177 Å². The van der Waals surface area contributed by atoms with Crippen LogP contribution in [0.4, 0.5) is 0 Å². The van der Waals surface area contributed by atoms with Gasteiger partial charge >= 0.3 is 5.97 Å². The SMILES string of the molecule is Cc1cccc(C[C@H](O)/C=C/[C@H]2CCC(=O)N2CCc2ccc(C(=O)O)c(C)c2)c1. The number of nitrogens with zero attached hydrogens (tertiary/aromatic N) is 1. The Morgan fingerprint density at radius 1 is 1.20 bits per heavy atom. The molecule has 0 unspecified atom stereocenters. The van der Waals surface area contributed by atoms with Crippen LogP contribution < -0.4 is 0 Å². The van der Waals surface area contributed by atoms with Crippen LogP contribution >= 0.6 is 0 Å². The van der Waals surface area contributed by atoms with E-state index in [1.807, 2.05) is 48.2 Å². The summed E-state index contributed by atoms with van der Waals surface area (Å²) >= 11 is 0. The van der Waals surface area contributed by atoms with Crippen molar-refractivity contribution in [3.63, 3.8) is 0 Å². The minimum atomic E-state index is -0.928. The van der Waals surface area contributed by atoms with Gasteiger partial charge in [-0.25, -0.2) is 4.79 Å². The highest BCUT2D eigenvalue weighted by Gasteiger charge is 2.28. The number of carboxylic acid groups (broad SMARTS) is 1. The molecule has 1 aliphatic rings. The van der Waals surface area contributed by atoms with Gasteiger partial charge in [0.1, 0.15) is 0 Å². The lowest BCUT2D eigenvalue weighted by Crippen LogP contribution is -2.33. The summed E-state index contributed by atoms with van der Waals surface area (Å²) < 4.78 is 0. The van der Waals surface area contributed by atoms with Gasteiger partial charge in [0.2, 0.25) is 5.91 Å². The minimum absolute atomic E-state index is 0.0101. The summed E-state index contributed by atoms with van der Waals surface area (Å²) in [6, 6.07) is 13.4. The number of benzene rings is 2. The van der Waals surface area contributed by atoms with E-state index in [4.69, 9.17) is 5.11 Å². The third-order valence-corrected chi connectivity index (χ3v) is 5.62. The first-order chi connectivity index (χ1) is 14.3. The quantitative estimate of drug-likeness (QED) is 0.654. The standard InChI is InChI=1S/C25H29NO4/c1-17-4-3-5-20(14-17)16-22(27)9-7-21-8-11-24(28)26(21)13-12-19-6-10-23(25(29)30)18(2)15-19/h3-7,9-10,14-15,21-22,27H,8,11-13,16H2,1-2H3,(H,29,30)/b9-7+/t21-,22+/m0/s1. The molecule has 5 nitrogen and oxygen atoms in total. The molecule has 2 atom stereocenters. The van der Waals surface area contributed by atoms with E-state index >= 15 is 0 Å². The molecule has 2 N–H and O–H groups in total. The molecule has 30 heavy (non-hydrogen) atoms. The van der Waals surface area contributed by atoms with Gasteiger partial charge in [0.25, 0.3) is 0 Å². The molecule has 1 fully saturated rings. The van der Waals surface area contributed by atoms with Crippen molar-refractivity contribution in [1.82, 2.24) is 4.90 Å². The minimum Gasteiger partial charge on any atom is -0.478 e. The van der Waals surface area contributed by atoms with Crippen LogP contribution in [0.2, 0.25) is 0 Å². The normalized spacial score (nSPS) is 17.6. The van der Waals surface area contributed by atoms with Crippen molar-refractivity contribution in [2.45, 2.75) is 51.7 Å². The molecule has 0 aliphatic carbocycles. The Kier molecular flexibility index (Phi) is 7.06. The number of carboxylic acids is 1. The van der Waals surface area contributed by atoms with Gasteiger partial charge in [-0.05, 0) is 49.4 Å². The van der Waals surface area contributed by atoms with E-state index in [9.17, 15) is 14.7 Å². The van der Waals surface area contributed by atoms with Crippen LogP contribution in [0.1, 0.15) is 45.5 Å². The number of aromatic carboxylic acids is 1. The Bertz CT molecular complexity index is 950. The summed E-state index contributed by atoms with van der Waals surface area (Å²) in [7, 11) is 0. The fraction of sp³-hybridized carbons (Fsp3) is 0.360. The summed E-state index contributed by atoms with van der Waals surface area (Å²) in [6.45, 7) is 4.40. The van der Waals surface area contributed by atoms with Gasteiger partial charge in [-0.3, -0.25) is 4.79 Å². The molecule has 0 aromatic heterocycles. The number of hydrogen-bond donors (Lipinski definition) is 2. The van der Waals surface area contributed by atoms with Crippen LogP contribution in [-0.2, 0) is 17.6 Å². The molecule has 0 bridgehead atoms. The molecule has 2 aromatic rings. The molecule has 1 aliphatic heterocycles. The lowest BCUT2D eigenvalue weighted by Gasteiger charge is -2.23. The fourth-order valence-corrected chi connectivity index (χ4v) is 4.02. The summed E-state index contributed by atoms with van der Waals surface area (Å²) in [5.74, 6) is -0.806. The molecule has 5 heteroatoms. The zero-order valence-electron chi connectivity index (χ0n) is 17.5. The second kappa shape index (κ2) is 9.72. The maximum Gasteiger partial charge on any atom is 0.335 e. The van der Waals surface area contributed by atoms with Crippen LogP contribution in [0, 0.1) is 13.8 Å². The van der Waals surface area contributed by atoms with Gasteiger partial charge in [-0.1, -0.05) is 54.1 Å². The van der Waals surface area contributed by atoms with E-state index in [0.29, 0.717) is 31.4 Å². The Balaban J connectivity index is 1.59. The lowest BCUT2D eigenvalue weighted by molar-refractivity contribution is -0.128. The van der Waals surface area contributed by atoms with Gasteiger partial charge in [-0.15, -0.1) is 0 Å². The summed E-state index contributed by atoms with van der Waals surface area (Å²) in [5.41, 5.74) is 4.30. The highest BCUT2D eigenvalue weighted by molar-refractivity contribution is 5.89. The largest absolute Gasteiger partial charge is 0.478 e. The predicted octanol–water partition coefficient (Wildman–Crippen LogP) is 3.69. The number of carbonyl (C=O) groups excluding carboxylic acids is 1. The monoisotopic (exact) mass is 407 g/mol. The average molecular weight is 408 g/mol. The number of amides is 1. The van der Waals surface area contributed by atoms with Crippen molar-refractivity contribution < 1.29 is 19.8 Å². The fourth-order valence-electron chi connectivity index (χ4n) is 4.02. The van der Waals surface area contributed by atoms with E-state index in [1.165, 1.54) is 5.56 Å². The van der Waals surface area contributed by atoms with Gasteiger partial charge in [-0.2, -0.15) is 0 Å². The number of hydrogen-bond acceptors (Lipinski definition) is 3. The molecule has 1 saturated heterocycles. The zero-order valence-corrected chi connectivity index (χ0v) is 17.5. The van der Waals surface area contributed by atoms with Gasteiger partial charge in [0, 0.05) is 19.4 Å². The highest BCUT2D eigenvalue weighted by Crippen LogP contribution is 2.21. The third-order valence-electron chi connectivity index (χ3n) is 5.62. The molecular weight excluding hydrogens is 378 g/mol. The van der Waals surface area contributed by atoms with E-state index in [1.54, 1.807) is 19.1 Å². The van der Waals surface area contributed by atoms with Crippen LogP contribution in [0.15, 0.2) is 54.6 Å². The Hall–Kier alpha value is -2.92. The molecule has 1 amide bonds. The first-order valence-electron chi connectivity index (χ1n) is 10.4. The average Bonchev–Trinajstić information content (AvgIpc) is 3.04. The maximum absolute atomic E-state index is 12.3. The number of carbonyl (C=O) groups is 2. The molecule has 0 spiro atoms. The van der Waals surface area contributed by atoms with Crippen molar-refractivity contribution in [2.75, 3.05) is 6.54 Å². The van der Waals surface area contributed by atoms with Crippen molar-refractivity contribution in [3.05, 3.63) is 82.4 Å². The summed E-state index contributed by atoms with van der Waals surface area (Å²) in [4.78, 5) is 25.4. The molecule has 0 saturated carbocycles. The zero-order chi connectivity index (χ0) is 21.7. The van der Waals surface area contributed by atoms with Crippen LogP contribution in [0.5, 0.6) is 0 Å². The predicted molar refractivity (Wildman–Crippen MR) is 117 cm³/mol. The van der Waals surface area contributed by atoms with Crippen molar-refractivity contribution in [1.29, 1.82) is 0 Å². The number of aryl methyl sites for hydroxylation is 2. The lowest BCUT2D eigenvalue weighted by atomic mass is 10.0. The van der Waals surface area contributed by atoms with Gasteiger partial charge in [0.05, 0.1) is 17.7 Å². The number of aliphatic hydroxyl groups is 1. The number of rotatable bonds is 8. The maximum atomic E-state index is 12.3. The third kappa shape index (κ3) is 5.57. The summed E-state index contributed by atoms with van der Waals surface area (Å²) in [5, 5.41) is 19.5. The Morgan fingerprint density at radius 3 is 2.70 bits per heavy atom. The molecule has 1 heterocycles. The first kappa shape index (κ1) is 21.8. The molecule has 0 radical (unpaired) electrons. The molecule has 3 rings (SSSR count). The van der Waals surface area contributed by atoms with Crippen LogP contribution in [-0.4, -0.2) is 45.7 Å². The number of likely N-dealkylation sites (tertiary alicyclic amines) is 1. The first-order valence-corrected chi connectivity index (χ1v) is 10.4. The van der Waals surface area contributed by atoms with Crippen molar-refractivity contribution >= 4 is 11.9 Å². The van der Waals surface area contributed by atoms with E-state index in [2.05, 4.69) is 6.07 Å². The smallest absolute Gasteiger partial charge is 0.335 e. The summed E-state index contributed by atoms with van der Waals surface area (Å²) in [6.07, 6.45) is 5.64. The molecule has 158 valence electrons. The van der Waals surface area contributed by atoms with Crippen molar-refractivity contribution in [2.24, 2.45) is 0 Å². The van der Waals surface area contributed by atoms with Crippen LogP contribution in [0.3, 0.4) is 0 Å². The number of aliphatic hydroxyl groups excluding tert-OH is 1. The highest BCUT2D eigenvalue weighted by atomic mass is 16.4. The second-order valence-corrected chi connectivity index (χ2v) is 8.04. The van der Waals surface area contributed by atoms with Gasteiger partial charge in [0.15, 0.2) is 0 Å². The van der Waals surface area contributed by atoms with Crippen molar-refractivity contribution in [3.8, 4) is 0 Å². The van der Waals surface area contributed by atoms with Crippen LogP contribution in [0.25, 0.3) is 0 Å². The molecule has 2 aromatic carbocycles. The second-order valence-electron chi connectivity index (χ2n) is 8.04. The van der Waals surface area contributed by atoms with E-state index < -0.39 is 12.1 Å². The Morgan fingerprint density at radius 2 is 2.00 bits per heavy atom. The van der Waals surface area contributed by atoms with Gasteiger partial charge < -0.3 is 15.1 Å².